The maximum atomic E-state index is 4.19. The van der Waals surface area contributed by atoms with Gasteiger partial charge in [0.1, 0.15) is 5.01 Å². The zero-order valence-corrected chi connectivity index (χ0v) is 11.4. The van der Waals surface area contributed by atoms with E-state index in [0.29, 0.717) is 0 Å². The zero-order chi connectivity index (χ0) is 12.5. The van der Waals surface area contributed by atoms with Gasteiger partial charge in [0.25, 0.3) is 0 Å². The van der Waals surface area contributed by atoms with Crippen molar-refractivity contribution in [1.29, 1.82) is 0 Å². The van der Waals surface area contributed by atoms with Crippen molar-refractivity contribution in [3.63, 3.8) is 0 Å². The van der Waals surface area contributed by atoms with E-state index in [4.69, 9.17) is 0 Å². The summed E-state index contributed by atoms with van der Waals surface area (Å²) in [6.45, 7) is 7.13. The van der Waals surface area contributed by atoms with Crippen LogP contribution in [0.15, 0.2) is 12.3 Å². The van der Waals surface area contributed by atoms with Crippen molar-refractivity contribution in [2.24, 2.45) is 7.05 Å². The van der Waals surface area contributed by atoms with Crippen LogP contribution in [0.2, 0.25) is 0 Å². The van der Waals surface area contributed by atoms with Crippen molar-refractivity contribution >= 4 is 16.5 Å². The number of hydrogen-bond donors (Lipinski definition) is 1. The third-order valence-corrected chi connectivity index (χ3v) is 3.72. The van der Waals surface area contributed by atoms with Gasteiger partial charge in [-0.2, -0.15) is 5.10 Å². The molecule has 0 saturated carbocycles. The first kappa shape index (κ1) is 12.0. The fraction of sp³-hybridized carbons (Fsp3) is 0.545. The Morgan fingerprint density at radius 2 is 2.12 bits per heavy atom. The molecule has 0 aromatic carbocycles. The molecule has 2 rings (SSSR count). The second kappa shape index (κ2) is 4.44. The molecule has 0 fully saturated rings. The first-order chi connectivity index (χ1) is 7.97. The van der Waals surface area contributed by atoms with E-state index in [1.165, 1.54) is 0 Å². The van der Waals surface area contributed by atoms with E-state index in [9.17, 15) is 0 Å². The smallest absolute Gasteiger partial charge is 0.206 e. The Labute approximate surface area is 105 Å². The number of anilines is 1. The molecule has 0 bridgehead atoms. The molecule has 0 aliphatic rings. The van der Waals surface area contributed by atoms with Crippen LogP contribution in [0.5, 0.6) is 0 Å². The Bertz CT molecular complexity index is 494. The summed E-state index contributed by atoms with van der Waals surface area (Å²) >= 11 is 1.60. The molecule has 0 aliphatic carbocycles. The number of nitrogens with zero attached hydrogens (tertiary/aromatic N) is 4. The highest BCUT2D eigenvalue weighted by Crippen LogP contribution is 2.27. The van der Waals surface area contributed by atoms with Crippen LogP contribution in [0, 0.1) is 0 Å². The number of rotatable bonds is 3. The topological polar surface area (TPSA) is 55.6 Å². The lowest BCUT2D eigenvalue weighted by molar-refractivity contribution is 0.578. The van der Waals surface area contributed by atoms with Crippen molar-refractivity contribution < 1.29 is 0 Å². The molecule has 0 aliphatic heterocycles. The molecular formula is C11H17N5S. The average molecular weight is 251 g/mol. The lowest BCUT2D eigenvalue weighted by Gasteiger charge is -2.12. The maximum absolute atomic E-state index is 4.19. The molecule has 2 aromatic heterocycles. The molecule has 2 heterocycles. The maximum Gasteiger partial charge on any atom is 0.206 e. The van der Waals surface area contributed by atoms with Gasteiger partial charge in [0.15, 0.2) is 0 Å². The second-order valence-electron chi connectivity index (χ2n) is 4.96. The van der Waals surface area contributed by atoms with Crippen molar-refractivity contribution in [3.05, 3.63) is 23.0 Å². The quantitative estimate of drug-likeness (QED) is 0.908. The van der Waals surface area contributed by atoms with Gasteiger partial charge in [-0.25, -0.2) is 0 Å². The van der Waals surface area contributed by atoms with E-state index in [1.54, 1.807) is 17.5 Å². The van der Waals surface area contributed by atoms with Gasteiger partial charge in [-0.3, -0.25) is 4.68 Å². The molecule has 0 amide bonds. The second-order valence-corrected chi connectivity index (χ2v) is 5.94. The van der Waals surface area contributed by atoms with Crippen molar-refractivity contribution in [2.75, 3.05) is 5.32 Å². The van der Waals surface area contributed by atoms with Gasteiger partial charge in [0.2, 0.25) is 5.13 Å². The summed E-state index contributed by atoms with van der Waals surface area (Å²) < 4.78 is 1.85. The molecule has 2 aromatic rings. The third kappa shape index (κ3) is 2.82. The summed E-state index contributed by atoms with van der Waals surface area (Å²) in [5.74, 6) is 0. The number of aromatic nitrogens is 4. The minimum absolute atomic E-state index is 0.0596. The Balaban J connectivity index is 2.01. The number of hydrogen-bond acceptors (Lipinski definition) is 5. The van der Waals surface area contributed by atoms with Crippen LogP contribution in [0.3, 0.4) is 0 Å². The summed E-state index contributed by atoms with van der Waals surface area (Å²) in [6, 6.07) is 1.98. The molecular weight excluding hydrogens is 234 g/mol. The largest absolute Gasteiger partial charge is 0.354 e. The molecule has 1 N–H and O–H groups in total. The third-order valence-electron chi connectivity index (χ3n) is 2.41. The minimum atomic E-state index is 0.0596. The predicted octanol–water partition coefficient (Wildman–Crippen LogP) is 2.18. The molecule has 0 radical (unpaired) electrons. The van der Waals surface area contributed by atoms with Crippen molar-refractivity contribution in [3.8, 4) is 0 Å². The molecule has 6 heteroatoms. The van der Waals surface area contributed by atoms with E-state index >= 15 is 0 Å². The van der Waals surface area contributed by atoms with Gasteiger partial charge >= 0.3 is 0 Å². The van der Waals surface area contributed by atoms with Gasteiger partial charge in [-0.15, -0.1) is 10.2 Å². The van der Waals surface area contributed by atoms with Gasteiger partial charge in [-0.05, 0) is 6.07 Å². The monoisotopic (exact) mass is 251 g/mol. The minimum Gasteiger partial charge on any atom is -0.354 e. The van der Waals surface area contributed by atoms with E-state index in [0.717, 1.165) is 22.4 Å². The first-order valence-electron chi connectivity index (χ1n) is 5.51. The highest BCUT2D eigenvalue weighted by Gasteiger charge is 2.19. The van der Waals surface area contributed by atoms with Gasteiger partial charge < -0.3 is 5.32 Å². The fourth-order valence-corrected chi connectivity index (χ4v) is 2.14. The molecule has 5 nitrogen and oxygen atoms in total. The standard InChI is InChI=1S/C11H17N5S/c1-11(2,3)9-14-15-10(17-9)12-7-8-5-6-13-16(8)4/h5-6H,7H2,1-4H3,(H,12,15). The SMILES string of the molecule is Cn1nccc1CNc1nnc(C(C)(C)C)s1. The van der Waals surface area contributed by atoms with E-state index in [-0.39, 0.29) is 5.41 Å². The van der Waals surface area contributed by atoms with Crippen LogP contribution in [0.25, 0.3) is 0 Å². The molecule has 0 saturated heterocycles. The van der Waals surface area contributed by atoms with Gasteiger partial charge in [-0.1, -0.05) is 32.1 Å². The summed E-state index contributed by atoms with van der Waals surface area (Å²) in [4.78, 5) is 0. The Hall–Kier alpha value is -1.43. The molecule has 92 valence electrons. The van der Waals surface area contributed by atoms with Crippen molar-refractivity contribution in [1.82, 2.24) is 20.0 Å². The Morgan fingerprint density at radius 3 is 2.65 bits per heavy atom. The fourth-order valence-electron chi connectivity index (χ4n) is 1.34. The highest BCUT2D eigenvalue weighted by atomic mass is 32.1. The van der Waals surface area contributed by atoms with Gasteiger partial charge in [0.05, 0.1) is 12.2 Å². The molecule has 0 spiro atoms. The summed E-state index contributed by atoms with van der Waals surface area (Å²) in [7, 11) is 1.93. The van der Waals surface area contributed by atoms with Crippen LogP contribution < -0.4 is 5.32 Å². The van der Waals surface area contributed by atoms with Crippen LogP contribution in [-0.4, -0.2) is 20.0 Å². The van der Waals surface area contributed by atoms with Crippen LogP contribution in [0.4, 0.5) is 5.13 Å². The Kier molecular flexibility index (Phi) is 3.15. The van der Waals surface area contributed by atoms with E-state index < -0.39 is 0 Å². The Morgan fingerprint density at radius 1 is 1.35 bits per heavy atom. The average Bonchev–Trinajstić information content (AvgIpc) is 2.82. The first-order valence-corrected chi connectivity index (χ1v) is 6.33. The summed E-state index contributed by atoms with van der Waals surface area (Å²) in [5, 5.41) is 17.6. The molecule has 17 heavy (non-hydrogen) atoms. The number of aryl methyl sites for hydroxylation is 1. The predicted molar refractivity (Wildman–Crippen MR) is 69.1 cm³/mol. The lowest BCUT2D eigenvalue weighted by Crippen LogP contribution is -2.10. The molecule has 0 unspecified atom stereocenters. The van der Waals surface area contributed by atoms with Crippen LogP contribution in [-0.2, 0) is 19.0 Å². The lowest BCUT2D eigenvalue weighted by atomic mass is 9.98. The zero-order valence-electron chi connectivity index (χ0n) is 10.6. The summed E-state index contributed by atoms with van der Waals surface area (Å²) in [5.41, 5.74) is 1.18. The van der Waals surface area contributed by atoms with Crippen LogP contribution in [0.1, 0.15) is 31.5 Å². The van der Waals surface area contributed by atoms with E-state index in [2.05, 4.69) is 41.4 Å². The molecule has 0 atom stereocenters. The van der Waals surface area contributed by atoms with Crippen molar-refractivity contribution in [2.45, 2.75) is 32.7 Å². The normalized spacial score (nSPS) is 11.8. The van der Waals surface area contributed by atoms with E-state index in [1.807, 2.05) is 17.8 Å². The highest BCUT2D eigenvalue weighted by molar-refractivity contribution is 7.15. The van der Waals surface area contributed by atoms with Gasteiger partial charge in [0, 0.05) is 18.7 Å². The summed E-state index contributed by atoms with van der Waals surface area (Å²) in [6.07, 6.45) is 1.79. The van der Waals surface area contributed by atoms with Crippen LogP contribution >= 0.6 is 11.3 Å². The number of nitrogens with one attached hydrogen (secondary N) is 1.